The molecule has 0 aliphatic carbocycles. The minimum atomic E-state index is -3.51. The molecule has 0 bridgehead atoms. The molecule has 27 heavy (non-hydrogen) atoms. The highest BCUT2D eigenvalue weighted by atomic mass is 32.2. The van der Waals surface area contributed by atoms with Crippen LogP contribution in [0.25, 0.3) is 11.3 Å². The maximum absolute atomic E-state index is 11.1. The van der Waals surface area contributed by atoms with E-state index < -0.39 is 10.1 Å². The Morgan fingerprint density at radius 1 is 1.00 bits per heavy atom. The zero-order valence-electron chi connectivity index (χ0n) is 15.5. The summed E-state index contributed by atoms with van der Waals surface area (Å²) in [5.74, 6) is 0.874. The second kappa shape index (κ2) is 9.89. The molecule has 0 fully saturated rings. The average Bonchev–Trinajstić information content (AvgIpc) is 3.18. The van der Waals surface area contributed by atoms with Gasteiger partial charge in [-0.3, -0.25) is 4.18 Å². The molecule has 3 rings (SSSR count). The molecule has 144 valence electrons. The SMILES string of the molecule is COS(=O)(=O)c1ccc(C)cc1.COc1ccc(-c2csc(SC)n2)cc1. The number of nitrogens with zero attached hydrogens (tertiary/aromatic N) is 1. The first-order valence-electron chi connectivity index (χ1n) is 7.91. The predicted octanol–water partition coefficient (Wildman–Crippen LogP) is 4.87. The van der Waals surface area contributed by atoms with Crippen LogP contribution in [0.4, 0.5) is 0 Å². The molecule has 8 heteroatoms. The monoisotopic (exact) mass is 423 g/mol. The zero-order valence-corrected chi connectivity index (χ0v) is 18.0. The van der Waals surface area contributed by atoms with Gasteiger partial charge in [0.15, 0.2) is 0 Å². The number of hydrogen-bond acceptors (Lipinski definition) is 7. The van der Waals surface area contributed by atoms with Gasteiger partial charge in [-0.1, -0.05) is 29.5 Å². The van der Waals surface area contributed by atoms with Gasteiger partial charge in [-0.2, -0.15) is 8.42 Å². The number of aromatic nitrogens is 1. The molecule has 1 aromatic heterocycles. The van der Waals surface area contributed by atoms with E-state index in [0.29, 0.717) is 0 Å². The van der Waals surface area contributed by atoms with Crippen molar-refractivity contribution >= 4 is 33.2 Å². The van der Waals surface area contributed by atoms with E-state index >= 15 is 0 Å². The Bertz CT molecular complexity index is 949. The van der Waals surface area contributed by atoms with Crippen molar-refractivity contribution in [1.29, 1.82) is 0 Å². The van der Waals surface area contributed by atoms with E-state index in [1.54, 1.807) is 42.3 Å². The van der Waals surface area contributed by atoms with Crippen LogP contribution >= 0.6 is 23.1 Å². The Kier molecular flexibility index (Phi) is 7.85. The Balaban J connectivity index is 0.000000199. The fourth-order valence-electron chi connectivity index (χ4n) is 2.05. The molecule has 0 amide bonds. The fourth-order valence-corrected chi connectivity index (χ4v) is 3.98. The number of aryl methyl sites for hydroxylation is 1. The summed E-state index contributed by atoms with van der Waals surface area (Å²) < 4.78 is 32.7. The molecule has 0 spiro atoms. The summed E-state index contributed by atoms with van der Waals surface area (Å²) in [6.45, 7) is 1.89. The van der Waals surface area contributed by atoms with Crippen molar-refractivity contribution in [3.63, 3.8) is 0 Å². The first-order chi connectivity index (χ1) is 12.9. The summed E-state index contributed by atoms with van der Waals surface area (Å²) in [4.78, 5) is 4.69. The van der Waals surface area contributed by atoms with Gasteiger partial charge in [0, 0.05) is 10.9 Å². The van der Waals surface area contributed by atoms with Crippen LogP contribution in [0.3, 0.4) is 0 Å². The van der Waals surface area contributed by atoms with Crippen LogP contribution in [-0.4, -0.2) is 33.9 Å². The maximum Gasteiger partial charge on any atom is 0.296 e. The third-order valence-corrected chi connectivity index (χ3v) is 6.72. The van der Waals surface area contributed by atoms with Crippen LogP contribution in [-0.2, 0) is 14.3 Å². The highest BCUT2D eigenvalue weighted by molar-refractivity contribution is 8.00. The van der Waals surface area contributed by atoms with Crippen molar-refractivity contribution in [3.8, 4) is 17.0 Å². The molecule has 0 N–H and O–H groups in total. The summed E-state index contributed by atoms with van der Waals surface area (Å²) in [7, 11) is -0.697. The Labute approximate surface area is 168 Å². The van der Waals surface area contributed by atoms with Crippen LogP contribution in [0.2, 0.25) is 0 Å². The lowest BCUT2D eigenvalue weighted by Gasteiger charge is -2.00. The van der Waals surface area contributed by atoms with E-state index in [4.69, 9.17) is 4.74 Å². The highest BCUT2D eigenvalue weighted by Gasteiger charge is 2.11. The molecule has 5 nitrogen and oxygen atoms in total. The van der Waals surface area contributed by atoms with Gasteiger partial charge in [0.25, 0.3) is 10.1 Å². The van der Waals surface area contributed by atoms with E-state index in [9.17, 15) is 8.42 Å². The summed E-state index contributed by atoms with van der Waals surface area (Å²) >= 11 is 3.35. The van der Waals surface area contributed by atoms with E-state index in [1.807, 2.05) is 37.4 Å². The number of methoxy groups -OCH3 is 1. The molecular weight excluding hydrogens is 402 g/mol. The molecule has 0 aliphatic rings. The first kappa shape index (κ1) is 21.4. The van der Waals surface area contributed by atoms with Crippen molar-refractivity contribution in [3.05, 3.63) is 59.5 Å². The predicted molar refractivity (Wildman–Crippen MR) is 111 cm³/mol. The summed E-state index contributed by atoms with van der Waals surface area (Å²) in [5.41, 5.74) is 3.18. The number of thioether (sulfide) groups is 1. The van der Waals surface area contributed by atoms with E-state index in [-0.39, 0.29) is 4.90 Å². The van der Waals surface area contributed by atoms with Crippen LogP contribution in [0.1, 0.15) is 5.56 Å². The molecule has 0 atom stereocenters. The van der Waals surface area contributed by atoms with Crippen LogP contribution in [0, 0.1) is 6.92 Å². The van der Waals surface area contributed by atoms with Gasteiger partial charge < -0.3 is 4.74 Å². The molecule has 2 aromatic carbocycles. The Hall–Kier alpha value is -1.87. The summed E-state index contributed by atoms with van der Waals surface area (Å²) in [5, 5.41) is 2.08. The molecule has 0 unspecified atom stereocenters. The van der Waals surface area contributed by atoms with E-state index in [0.717, 1.165) is 34.0 Å². The van der Waals surface area contributed by atoms with Crippen LogP contribution < -0.4 is 4.74 Å². The van der Waals surface area contributed by atoms with Crippen molar-refractivity contribution in [2.75, 3.05) is 20.5 Å². The number of hydrogen-bond donors (Lipinski definition) is 0. The van der Waals surface area contributed by atoms with Crippen molar-refractivity contribution in [1.82, 2.24) is 4.98 Å². The average molecular weight is 424 g/mol. The molecule has 0 aliphatic heterocycles. The Morgan fingerprint density at radius 3 is 2.11 bits per heavy atom. The van der Waals surface area contributed by atoms with E-state index in [1.165, 1.54) is 12.1 Å². The lowest BCUT2D eigenvalue weighted by Crippen LogP contribution is -2.02. The lowest BCUT2D eigenvalue weighted by molar-refractivity contribution is 0.398. The third kappa shape index (κ3) is 6.07. The molecule has 1 heterocycles. The normalized spacial score (nSPS) is 10.8. The van der Waals surface area contributed by atoms with Crippen LogP contribution in [0.5, 0.6) is 5.75 Å². The van der Waals surface area contributed by atoms with Gasteiger partial charge in [-0.25, -0.2) is 4.98 Å². The molecule has 3 aromatic rings. The zero-order chi connectivity index (χ0) is 19.9. The second-order valence-electron chi connectivity index (χ2n) is 5.37. The molecule has 0 saturated heterocycles. The van der Waals surface area contributed by atoms with Gasteiger partial charge in [0.05, 0.1) is 24.8 Å². The minimum Gasteiger partial charge on any atom is -0.497 e. The Morgan fingerprint density at radius 2 is 1.63 bits per heavy atom. The molecular formula is C19H21NO4S3. The van der Waals surface area contributed by atoms with Gasteiger partial charge in [0.2, 0.25) is 0 Å². The largest absolute Gasteiger partial charge is 0.497 e. The van der Waals surface area contributed by atoms with Crippen molar-refractivity contribution in [2.24, 2.45) is 0 Å². The van der Waals surface area contributed by atoms with Crippen molar-refractivity contribution in [2.45, 2.75) is 16.2 Å². The van der Waals surface area contributed by atoms with Crippen LogP contribution in [0.15, 0.2) is 63.1 Å². The molecule has 0 radical (unpaired) electrons. The topological polar surface area (TPSA) is 65.5 Å². The van der Waals surface area contributed by atoms with Gasteiger partial charge in [-0.15, -0.1) is 11.3 Å². The van der Waals surface area contributed by atoms with E-state index in [2.05, 4.69) is 14.5 Å². The quantitative estimate of drug-likeness (QED) is 0.431. The third-order valence-electron chi connectivity index (χ3n) is 3.57. The highest BCUT2D eigenvalue weighted by Crippen LogP contribution is 2.27. The number of thiazole rings is 1. The fraction of sp³-hybridized carbons (Fsp3) is 0.211. The molecule has 0 saturated carbocycles. The van der Waals surface area contributed by atoms with Gasteiger partial charge >= 0.3 is 0 Å². The number of rotatable bonds is 5. The van der Waals surface area contributed by atoms with Crippen molar-refractivity contribution < 1.29 is 17.3 Å². The second-order valence-corrected chi connectivity index (χ2v) is 8.99. The number of ether oxygens (including phenoxy) is 1. The maximum atomic E-state index is 11.1. The smallest absolute Gasteiger partial charge is 0.296 e. The van der Waals surface area contributed by atoms with Gasteiger partial charge in [0.1, 0.15) is 10.1 Å². The summed E-state index contributed by atoms with van der Waals surface area (Å²) in [6.07, 6.45) is 2.04. The summed E-state index contributed by atoms with van der Waals surface area (Å²) in [6, 6.07) is 14.5. The lowest BCUT2D eigenvalue weighted by atomic mass is 10.2. The standard InChI is InChI=1S/C11H11NOS2.C8H10O3S/c1-13-9-5-3-8(4-6-9)10-7-15-11(12-10)14-2;1-7-3-5-8(6-4-7)12(9,10)11-2/h3-7H,1-2H3;3-6H,1-2H3. The number of benzene rings is 2. The first-order valence-corrected chi connectivity index (χ1v) is 11.4. The van der Waals surface area contributed by atoms with Gasteiger partial charge in [-0.05, 0) is 49.6 Å². The minimum absolute atomic E-state index is 0.190.